The summed E-state index contributed by atoms with van der Waals surface area (Å²) in [6, 6.07) is 3.66. The standard InChI is InChI=1S/C12H16O3S/c1-12(2,8-11(14)15-3)7-9(13)10-5-4-6-16-10/h4-6H,7-8H2,1-3H3. The predicted molar refractivity (Wildman–Crippen MR) is 63.7 cm³/mol. The molecule has 0 aliphatic rings. The van der Waals surface area contributed by atoms with Gasteiger partial charge in [-0.05, 0) is 16.9 Å². The first-order valence-corrected chi connectivity index (χ1v) is 5.96. The highest BCUT2D eigenvalue weighted by molar-refractivity contribution is 7.12. The third-order valence-corrected chi connectivity index (χ3v) is 3.20. The van der Waals surface area contributed by atoms with Gasteiger partial charge in [-0.2, -0.15) is 0 Å². The van der Waals surface area contributed by atoms with Crippen LogP contribution in [-0.2, 0) is 9.53 Å². The number of thiophene rings is 1. The van der Waals surface area contributed by atoms with Crippen LogP contribution in [0.3, 0.4) is 0 Å². The molecule has 3 nitrogen and oxygen atoms in total. The van der Waals surface area contributed by atoms with Crippen LogP contribution in [-0.4, -0.2) is 18.9 Å². The van der Waals surface area contributed by atoms with Crippen LogP contribution >= 0.6 is 11.3 Å². The van der Waals surface area contributed by atoms with Gasteiger partial charge in [0.25, 0.3) is 0 Å². The van der Waals surface area contributed by atoms with Gasteiger partial charge in [0.1, 0.15) is 0 Å². The Balaban J connectivity index is 2.59. The Kier molecular flexibility index (Phi) is 4.24. The van der Waals surface area contributed by atoms with E-state index in [4.69, 9.17) is 0 Å². The molecule has 0 fully saturated rings. The van der Waals surface area contributed by atoms with Crippen molar-refractivity contribution in [3.05, 3.63) is 22.4 Å². The van der Waals surface area contributed by atoms with Gasteiger partial charge in [-0.3, -0.25) is 9.59 Å². The number of hydrogen-bond acceptors (Lipinski definition) is 4. The lowest BCUT2D eigenvalue weighted by molar-refractivity contribution is -0.142. The van der Waals surface area contributed by atoms with E-state index in [1.807, 2.05) is 25.3 Å². The first-order chi connectivity index (χ1) is 7.44. The van der Waals surface area contributed by atoms with E-state index >= 15 is 0 Å². The van der Waals surface area contributed by atoms with Crippen molar-refractivity contribution in [3.8, 4) is 0 Å². The average molecular weight is 240 g/mol. The Morgan fingerprint density at radius 1 is 1.38 bits per heavy atom. The molecule has 4 heteroatoms. The Morgan fingerprint density at radius 2 is 2.06 bits per heavy atom. The Bertz CT molecular complexity index is 366. The van der Waals surface area contributed by atoms with Crippen LogP contribution in [0.5, 0.6) is 0 Å². The van der Waals surface area contributed by atoms with E-state index in [0.717, 1.165) is 4.88 Å². The van der Waals surface area contributed by atoms with Crippen molar-refractivity contribution < 1.29 is 14.3 Å². The van der Waals surface area contributed by atoms with Crippen LogP contribution in [0.1, 0.15) is 36.4 Å². The SMILES string of the molecule is COC(=O)CC(C)(C)CC(=O)c1cccs1. The Morgan fingerprint density at radius 3 is 2.56 bits per heavy atom. The van der Waals surface area contributed by atoms with Crippen LogP contribution in [0.2, 0.25) is 0 Å². The molecule has 0 radical (unpaired) electrons. The summed E-state index contributed by atoms with van der Waals surface area (Å²) >= 11 is 1.43. The molecule has 0 amide bonds. The Hall–Kier alpha value is -1.16. The number of ether oxygens (including phenoxy) is 1. The number of carbonyl (C=O) groups is 2. The zero-order valence-electron chi connectivity index (χ0n) is 9.78. The van der Waals surface area contributed by atoms with Crippen molar-refractivity contribution in [3.63, 3.8) is 0 Å². The molecule has 1 rings (SSSR count). The molecular weight excluding hydrogens is 224 g/mol. The van der Waals surface area contributed by atoms with E-state index in [1.54, 1.807) is 6.07 Å². The lowest BCUT2D eigenvalue weighted by Crippen LogP contribution is -2.21. The maximum Gasteiger partial charge on any atom is 0.306 e. The van der Waals surface area contributed by atoms with Crippen LogP contribution in [0, 0.1) is 5.41 Å². The van der Waals surface area contributed by atoms with Gasteiger partial charge in [0.05, 0.1) is 18.4 Å². The number of methoxy groups -OCH3 is 1. The summed E-state index contributed by atoms with van der Waals surface area (Å²) < 4.78 is 4.61. The van der Waals surface area contributed by atoms with E-state index in [-0.39, 0.29) is 23.6 Å². The molecule has 1 heterocycles. The molecule has 0 saturated carbocycles. The molecule has 0 atom stereocenters. The minimum Gasteiger partial charge on any atom is -0.469 e. The first-order valence-electron chi connectivity index (χ1n) is 5.08. The van der Waals surface area contributed by atoms with E-state index in [1.165, 1.54) is 18.4 Å². The van der Waals surface area contributed by atoms with Crippen LogP contribution in [0.25, 0.3) is 0 Å². The van der Waals surface area contributed by atoms with Crippen LogP contribution in [0.15, 0.2) is 17.5 Å². The third-order valence-electron chi connectivity index (χ3n) is 2.29. The van der Waals surface area contributed by atoms with Gasteiger partial charge in [-0.15, -0.1) is 11.3 Å². The fraction of sp³-hybridized carbons (Fsp3) is 0.500. The molecule has 16 heavy (non-hydrogen) atoms. The quantitative estimate of drug-likeness (QED) is 0.587. The first kappa shape index (κ1) is 12.9. The molecule has 88 valence electrons. The van der Waals surface area contributed by atoms with Crippen LogP contribution < -0.4 is 0 Å². The van der Waals surface area contributed by atoms with E-state index in [2.05, 4.69) is 4.74 Å². The van der Waals surface area contributed by atoms with Gasteiger partial charge in [0.15, 0.2) is 5.78 Å². The molecule has 0 unspecified atom stereocenters. The number of Topliss-reactive ketones (excluding diaryl/α,β-unsaturated/α-hetero) is 1. The Labute approximate surface area is 99.4 Å². The predicted octanol–water partition coefficient (Wildman–Crippen LogP) is 2.91. The maximum absolute atomic E-state index is 11.8. The van der Waals surface area contributed by atoms with Crippen LogP contribution in [0.4, 0.5) is 0 Å². The summed E-state index contributed by atoms with van der Waals surface area (Å²) in [6.07, 6.45) is 0.628. The summed E-state index contributed by atoms with van der Waals surface area (Å²) in [4.78, 5) is 23.8. The smallest absolute Gasteiger partial charge is 0.306 e. The average Bonchev–Trinajstić information content (AvgIpc) is 2.68. The van der Waals surface area contributed by atoms with Gasteiger partial charge in [-0.25, -0.2) is 0 Å². The largest absolute Gasteiger partial charge is 0.469 e. The van der Waals surface area contributed by atoms with E-state index < -0.39 is 0 Å². The van der Waals surface area contributed by atoms with E-state index in [0.29, 0.717) is 6.42 Å². The summed E-state index contributed by atoms with van der Waals surface area (Å²) in [5.41, 5.74) is -0.353. The highest BCUT2D eigenvalue weighted by atomic mass is 32.1. The molecular formula is C12H16O3S. The maximum atomic E-state index is 11.8. The zero-order chi connectivity index (χ0) is 12.2. The second-order valence-corrected chi connectivity index (χ2v) is 5.44. The second kappa shape index (κ2) is 5.25. The molecule has 0 aliphatic heterocycles. The third kappa shape index (κ3) is 3.77. The topological polar surface area (TPSA) is 43.4 Å². The molecule has 0 N–H and O–H groups in total. The normalized spacial score (nSPS) is 11.2. The number of ketones is 1. The van der Waals surface area contributed by atoms with Gasteiger partial charge in [-0.1, -0.05) is 19.9 Å². The number of carbonyl (C=O) groups excluding carboxylic acids is 2. The molecule has 1 aromatic heterocycles. The van der Waals surface area contributed by atoms with Gasteiger partial charge in [0.2, 0.25) is 0 Å². The zero-order valence-corrected chi connectivity index (χ0v) is 10.6. The molecule has 0 saturated heterocycles. The van der Waals surface area contributed by atoms with Gasteiger partial charge in [0, 0.05) is 6.42 Å². The highest BCUT2D eigenvalue weighted by Gasteiger charge is 2.26. The van der Waals surface area contributed by atoms with Crippen molar-refractivity contribution in [1.29, 1.82) is 0 Å². The second-order valence-electron chi connectivity index (χ2n) is 4.49. The van der Waals surface area contributed by atoms with Crippen molar-refractivity contribution in [2.45, 2.75) is 26.7 Å². The van der Waals surface area contributed by atoms with Crippen molar-refractivity contribution >= 4 is 23.1 Å². The van der Waals surface area contributed by atoms with Gasteiger partial charge < -0.3 is 4.74 Å². The van der Waals surface area contributed by atoms with E-state index in [9.17, 15) is 9.59 Å². The fourth-order valence-corrected chi connectivity index (χ4v) is 2.15. The van der Waals surface area contributed by atoms with Gasteiger partial charge >= 0.3 is 5.97 Å². The minimum absolute atomic E-state index is 0.0869. The van der Waals surface area contributed by atoms with Crippen molar-refractivity contribution in [2.75, 3.05) is 7.11 Å². The number of hydrogen-bond donors (Lipinski definition) is 0. The van der Waals surface area contributed by atoms with Crippen molar-refractivity contribution in [1.82, 2.24) is 0 Å². The molecule has 0 aliphatic carbocycles. The fourth-order valence-electron chi connectivity index (χ4n) is 1.48. The number of esters is 1. The molecule has 0 spiro atoms. The lowest BCUT2D eigenvalue weighted by atomic mass is 9.84. The molecule has 1 aromatic rings. The van der Waals surface area contributed by atoms with Crippen molar-refractivity contribution in [2.24, 2.45) is 5.41 Å². The highest BCUT2D eigenvalue weighted by Crippen LogP contribution is 2.28. The lowest BCUT2D eigenvalue weighted by Gasteiger charge is -2.21. The molecule has 0 aromatic carbocycles. The monoisotopic (exact) mass is 240 g/mol. The summed E-state index contributed by atoms with van der Waals surface area (Å²) in [5, 5.41) is 1.88. The number of rotatable bonds is 5. The minimum atomic E-state index is -0.353. The summed E-state index contributed by atoms with van der Waals surface area (Å²) in [5.74, 6) is -0.187. The summed E-state index contributed by atoms with van der Waals surface area (Å²) in [6.45, 7) is 3.80. The molecule has 0 bridgehead atoms. The summed E-state index contributed by atoms with van der Waals surface area (Å²) in [7, 11) is 1.36.